The SMILES string of the molecule is Cc1ccccc1CSc1nnc(CNC(=O)c2ccc3c(c2)OCO3)n1-c1ccc(Cl)cc1Cl. The summed E-state index contributed by atoms with van der Waals surface area (Å²) >= 11 is 14.2. The molecule has 0 atom stereocenters. The Morgan fingerprint density at radius 3 is 2.71 bits per heavy atom. The van der Waals surface area contributed by atoms with Crippen molar-refractivity contribution in [3.63, 3.8) is 0 Å². The third kappa shape index (κ3) is 5.10. The van der Waals surface area contributed by atoms with Crippen LogP contribution in [-0.2, 0) is 12.3 Å². The van der Waals surface area contributed by atoms with E-state index < -0.39 is 0 Å². The highest BCUT2D eigenvalue weighted by atomic mass is 35.5. The van der Waals surface area contributed by atoms with E-state index in [4.69, 9.17) is 32.7 Å². The number of hydrogen-bond donors (Lipinski definition) is 1. The van der Waals surface area contributed by atoms with E-state index in [0.29, 0.717) is 49.5 Å². The van der Waals surface area contributed by atoms with Gasteiger partial charge in [0.2, 0.25) is 6.79 Å². The Morgan fingerprint density at radius 2 is 1.89 bits per heavy atom. The lowest BCUT2D eigenvalue weighted by molar-refractivity contribution is 0.0949. The first-order valence-corrected chi connectivity index (χ1v) is 12.5. The number of rotatable bonds is 7. The lowest BCUT2D eigenvalue weighted by Crippen LogP contribution is -2.24. The summed E-state index contributed by atoms with van der Waals surface area (Å²) in [7, 11) is 0. The van der Waals surface area contributed by atoms with Crippen LogP contribution < -0.4 is 14.8 Å². The predicted molar refractivity (Wildman–Crippen MR) is 136 cm³/mol. The molecular weight excluding hydrogens is 507 g/mol. The quantitative estimate of drug-likeness (QED) is 0.305. The molecule has 0 saturated heterocycles. The second kappa shape index (κ2) is 10.2. The van der Waals surface area contributed by atoms with E-state index in [0.717, 1.165) is 0 Å². The van der Waals surface area contributed by atoms with Gasteiger partial charge < -0.3 is 14.8 Å². The van der Waals surface area contributed by atoms with Gasteiger partial charge in [0, 0.05) is 16.3 Å². The van der Waals surface area contributed by atoms with Crippen molar-refractivity contribution in [3.05, 3.63) is 93.2 Å². The van der Waals surface area contributed by atoms with Crippen LogP contribution in [0.4, 0.5) is 0 Å². The topological polar surface area (TPSA) is 78.3 Å². The van der Waals surface area contributed by atoms with Gasteiger partial charge in [-0.25, -0.2) is 0 Å². The van der Waals surface area contributed by atoms with Crippen LogP contribution in [-0.4, -0.2) is 27.5 Å². The number of aromatic nitrogens is 3. The van der Waals surface area contributed by atoms with Crippen molar-refractivity contribution in [1.29, 1.82) is 0 Å². The number of nitrogens with one attached hydrogen (secondary N) is 1. The number of carbonyl (C=O) groups excluding carboxylic acids is 1. The van der Waals surface area contributed by atoms with Crippen LogP contribution >= 0.6 is 35.0 Å². The average Bonchev–Trinajstić information content (AvgIpc) is 3.48. The number of hydrogen-bond acceptors (Lipinski definition) is 6. The van der Waals surface area contributed by atoms with Crippen molar-refractivity contribution in [1.82, 2.24) is 20.1 Å². The second-order valence-electron chi connectivity index (χ2n) is 7.80. The largest absolute Gasteiger partial charge is 0.454 e. The van der Waals surface area contributed by atoms with E-state index in [1.54, 1.807) is 42.1 Å². The predicted octanol–water partition coefficient (Wildman–Crippen LogP) is 5.83. The second-order valence-corrected chi connectivity index (χ2v) is 9.58. The van der Waals surface area contributed by atoms with Gasteiger partial charge >= 0.3 is 0 Å². The molecule has 1 aliphatic rings. The molecule has 35 heavy (non-hydrogen) atoms. The smallest absolute Gasteiger partial charge is 0.251 e. The molecule has 0 bridgehead atoms. The van der Waals surface area contributed by atoms with Crippen molar-refractivity contribution >= 4 is 40.9 Å². The minimum Gasteiger partial charge on any atom is -0.454 e. The zero-order valence-electron chi connectivity index (χ0n) is 18.6. The van der Waals surface area contributed by atoms with Crippen LogP contribution in [0.15, 0.2) is 65.8 Å². The molecule has 1 aromatic heterocycles. The van der Waals surface area contributed by atoms with Gasteiger partial charge in [0.25, 0.3) is 5.91 Å². The number of fused-ring (bicyclic) bond motifs is 1. The maximum atomic E-state index is 12.8. The number of thioether (sulfide) groups is 1. The number of halogens is 2. The standard InChI is InChI=1S/C25H20Cl2N4O3S/c1-15-4-2-3-5-17(15)13-35-25-30-29-23(31(25)20-8-7-18(26)11-19(20)27)12-28-24(32)16-6-9-21-22(10-16)34-14-33-21/h2-11H,12-14H2,1H3,(H,28,32). The molecule has 7 nitrogen and oxygen atoms in total. The molecule has 4 aromatic rings. The van der Waals surface area contributed by atoms with Crippen molar-refractivity contribution in [2.24, 2.45) is 0 Å². The third-order valence-corrected chi connectivity index (χ3v) is 7.03. The molecule has 1 amide bonds. The van der Waals surface area contributed by atoms with Gasteiger partial charge in [-0.3, -0.25) is 9.36 Å². The minimum absolute atomic E-state index is 0.143. The van der Waals surface area contributed by atoms with E-state index >= 15 is 0 Å². The Kier molecular flexibility index (Phi) is 6.86. The highest BCUT2D eigenvalue weighted by molar-refractivity contribution is 7.98. The van der Waals surface area contributed by atoms with E-state index in [2.05, 4.69) is 34.6 Å². The molecule has 0 saturated carbocycles. The van der Waals surface area contributed by atoms with Crippen molar-refractivity contribution in [2.75, 3.05) is 6.79 Å². The first kappa shape index (κ1) is 23.5. The summed E-state index contributed by atoms with van der Waals surface area (Å²) in [4.78, 5) is 12.8. The summed E-state index contributed by atoms with van der Waals surface area (Å²) in [5, 5.41) is 13.3. The Hall–Kier alpha value is -3.20. The van der Waals surface area contributed by atoms with Gasteiger partial charge in [0.05, 0.1) is 17.3 Å². The number of carbonyl (C=O) groups is 1. The monoisotopic (exact) mass is 526 g/mol. The van der Waals surface area contributed by atoms with Gasteiger partial charge in [0.15, 0.2) is 22.5 Å². The summed E-state index contributed by atoms with van der Waals surface area (Å²) < 4.78 is 12.5. The fraction of sp³-hybridized carbons (Fsp3) is 0.160. The first-order chi connectivity index (χ1) is 17.0. The van der Waals surface area contributed by atoms with Gasteiger partial charge in [-0.1, -0.05) is 59.2 Å². The van der Waals surface area contributed by atoms with Gasteiger partial charge in [0.1, 0.15) is 0 Å². The summed E-state index contributed by atoms with van der Waals surface area (Å²) in [5.41, 5.74) is 3.54. The third-order valence-electron chi connectivity index (χ3n) is 5.51. The van der Waals surface area contributed by atoms with Crippen LogP contribution in [0.1, 0.15) is 27.3 Å². The molecule has 3 aromatic carbocycles. The fourth-order valence-corrected chi connectivity index (χ4v) is 5.16. The van der Waals surface area contributed by atoms with E-state index in [9.17, 15) is 4.79 Å². The van der Waals surface area contributed by atoms with Crippen molar-refractivity contribution in [3.8, 4) is 17.2 Å². The molecule has 0 unspecified atom stereocenters. The maximum Gasteiger partial charge on any atom is 0.251 e. The Morgan fingerprint density at radius 1 is 1.06 bits per heavy atom. The first-order valence-electron chi connectivity index (χ1n) is 10.7. The van der Waals surface area contributed by atoms with Crippen LogP contribution in [0.25, 0.3) is 5.69 Å². The van der Waals surface area contributed by atoms with Crippen molar-refractivity contribution in [2.45, 2.75) is 24.4 Å². The van der Waals surface area contributed by atoms with Crippen LogP contribution in [0.3, 0.4) is 0 Å². The summed E-state index contributed by atoms with van der Waals surface area (Å²) in [5.74, 6) is 2.14. The lowest BCUT2D eigenvalue weighted by Gasteiger charge is -2.13. The lowest BCUT2D eigenvalue weighted by atomic mass is 10.1. The van der Waals surface area contributed by atoms with Crippen LogP contribution in [0.2, 0.25) is 10.0 Å². The minimum atomic E-state index is -0.269. The highest BCUT2D eigenvalue weighted by Crippen LogP contribution is 2.33. The van der Waals surface area contributed by atoms with Crippen LogP contribution in [0, 0.1) is 6.92 Å². The summed E-state index contributed by atoms with van der Waals surface area (Å²) in [6, 6.07) is 18.5. The molecule has 1 N–H and O–H groups in total. The highest BCUT2D eigenvalue weighted by Gasteiger charge is 2.20. The molecule has 5 rings (SSSR count). The number of amides is 1. The van der Waals surface area contributed by atoms with Crippen molar-refractivity contribution < 1.29 is 14.3 Å². The molecule has 0 spiro atoms. The Balaban J connectivity index is 1.40. The molecule has 0 fully saturated rings. The van der Waals surface area contributed by atoms with Crippen LogP contribution in [0.5, 0.6) is 11.5 Å². The number of aryl methyl sites for hydroxylation is 1. The Labute approximate surface area is 216 Å². The molecule has 178 valence electrons. The zero-order valence-corrected chi connectivity index (χ0v) is 21.0. The molecule has 0 radical (unpaired) electrons. The molecule has 1 aliphatic heterocycles. The maximum absolute atomic E-state index is 12.8. The summed E-state index contributed by atoms with van der Waals surface area (Å²) in [6.07, 6.45) is 0. The van der Waals surface area contributed by atoms with Gasteiger partial charge in [-0.15, -0.1) is 10.2 Å². The van der Waals surface area contributed by atoms with E-state index in [1.165, 1.54) is 11.1 Å². The average molecular weight is 527 g/mol. The van der Waals surface area contributed by atoms with Gasteiger partial charge in [-0.05, 0) is 54.4 Å². The normalized spacial score (nSPS) is 12.1. The molecule has 0 aliphatic carbocycles. The Bertz CT molecular complexity index is 1410. The van der Waals surface area contributed by atoms with Gasteiger partial charge in [-0.2, -0.15) is 0 Å². The molecule has 10 heteroatoms. The molecule has 2 heterocycles. The van der Waals surface area contributed by atoms with E-state index in [-0.39, 0.29) is 19.2 Å². The number of nitrogens with zero attached hydrogens (tertiary/aromatic N) is 3. The number of benzene rings is 3. The van der Waals surface area contributed by atoms with E-state index in [1.807, 2.05) is 22.8 Å². The fourth-order valence-electron chi connectivity index (χ4n) is 3.63. The molecular formula is C25H20Cl2N4O3S. The zero-order chi connectivity index (χ0) is 24.4. The number of ether oxygens (including phenoxy) is 2. The summed E-state index contributed by atoms with van der Waals surface area (Å²) in [6.45, 7) is 2.37.